The Bertz CT molecular complexity index is 434. The van der Waals surface area contributed by atoms with Crippen LogP contribution < -0.4 is 16.0 Å². The van der Waals surface area contributed by atoms with Gasteiger partial charge in [-0.1, -0.05) is 6.07 Å². The van der Waals surface area contributed by atoms with Gasteiger partial charge in [0, 0.05) is 25.6 Å². The van der Waals surface area contributed by atoms with E-state index in [2.05, 4.69) is 16.0 Å². The third kappa shape index (κ3) is 4.94. The molecule has 3 N–H and O–H groups in total. The van der Waals surface area contributed by atoms with Gasteiger partial charge < -0.3 is 16.0 Å². The van der Waals surface area contributed by atoms with Gasteiger partial charge in [-0.15, -0.1) is 11.3 Å². The van der Waals surface area contributed by atoms with E-state index in [4.69, 9.17) is 0 Å². The smallest absolute Gasteiger partial charge is 0.261 e. The van der Waals surface area contributed by atoms with Crippen LogP contribution in [0.4, 0.5) is 0 Å². The van der Waals surface area contributed by atoms with Crippen LogP contribution >= 0.6 is 11.3 Å². The third-order valence-electron chi connectivity index (χ3n) is 3.30. The largest absolute Gasteiger partial charge is 0.356 e. The number of rotatable bonds is 6. The second-order valence-electron chi connectivity index (χ2n) is 4.93. The summed E-state index contributed by atoms with van der Waals surface area (Å²) in [6.07, 6.45) is 3.48. The molecule has 1 aliphatic rings. The topological polar surface area (TPSA) is 70.2 Å². The fourth-order valence-electron chi connectivity index (χ4n) is 2.24. The maximum atomic E-state index is 11.7. The molecule has 1 aliphatic heterocycles. The first kappa shape index (κ1) is 15.0. The van der Waals surface area contributed by atoms with Crippen LogP contribution in [0, 0.1) is 0 Å². The summed E-state index contributed by atoms with van der Waals surface area (Å²) in [4.78, 5) is 23.8. The van der Waals surface area contributed by atoms with Crippen LogP contribution in [0.1, 0.15) is 35.4 Å². The average Bonchev–Trinajstić information content (AvgIpc) is 2.89. The van der Waals surface area contributed by atoms with Crippen LogP contribution in [0.2, 0.25) is 0 Å². The highest BCUT2D eigenvalue weighted by Gasteiger charge is 2.16. The van der Waals surface area contributed by atoms with E-state index >= 15 is 0 Å². The standard InChI is InChI=1S/C14H21N3O2S/c18-13-10-11(4-1-6-16-13)15-7-3-8-17-14(19)12-5-2-9-20-12/h2,5,9,11,15H,1,3-4,6-8,10H2,(H,16,18)(H,17,19)/t11-/m0/s1. The molecule has 6 heteroatoms. The Labute approximate surface area is 123 Å². The number of nitrogens with one attached hydrogen (secondary N) is 3. The summed E-state index contributed by atoms with van der Waals surface area (Å²) in [6, 6.07) is 3.96. The highest BCUT2D eigenvalue weighted by molar-refractivity contribution is 7.12. The van der Waals surface area contributed by atoms with Gasteiger partial charge in [0.2, 0.25) is 5.91 Å². The summed E-state index contributed by atoms with van der Waals surface area (Å²) in [5.41, 5.74) is 0. The molecule has 1 saturated heterocycles. The molecule has 0 spiro atoms. The fraction of sp³-hybridized carbons (Fsp3) is 0.571. The monoisotopic (exact) mass is 295 g/mol. The van der Waals surface area contributed by atoms with Crippen molar-refractivity contribution < 1.29 is 9.59 Å². The molecule has 0 unspecified atom stereocenters. The van der Waals surface area contributed by atoms with Crippen molar-refractivity contribution in [2.24, 2.45) is 0 Å². The average molecular weight is 295 g/mol. The summed E-state index contributed by atoms with van der Waals surface area (Å²) in [6.45, 7) is 2.26. The molecule has 2 amide bonds. The van der Waals surface area contributed by atoms with Crippen molar-refractivity contribution in [1.29, 1.82) is 0 Å². The lowest BCUT2D eigenvalue weighted by Crippen LogP contribution is -2.34. The molecule has 1 aromatic heterocycles. The van der Waals surface area contributed by atoms with Crippen molar-refractivity contribution >= 4 is 23.2 Å². The summed E-state index contributed by atoms with van der Waals surface area (Å²) in [5, 5.41) is 11.1. The first-order chi connectivity index (χ1) is 9.75. The lowest BCUT2D eigenvalue weighted by Gasteiger charge is -2.14. The minimum Gasteiger partial charge on any atom is -0.356 e. The van der Waals surface area contributed by atoms with Gasteiger partial charge in [-0.2, -0.15) is 0 Å². The summed E-state index contributed by atoms with van der Waals surface area (Å²) in [5.74, 6) is 0.125. The molecule has 1 aromatic rings. The maximum Gasteiger partial charge on any atom is 0.261 e. The third-order valence-corrected chi connectivity index (χ3v) is 4.17. The molecule has 20 heavy (non-hydrogen) atoms. The van der Waals surface area contributed by atoms with Gasteiger partial charge in [0.05, 0.1) is 4.88 Å². The molecule has 0 aliphatic carbocycles. The van der Waals surface area contributed by atoms with Crippen LogP contribution in [0.3, 0.4) is 0 Å². The molecule has 2 rings (SSSR count). The van der Waals surface area contributed by atoms with Crippen molar-refractivity contribution in [1.82, 2.24) is 16.0 Å². The van der Waals surface area contributed by atoms with Crippen molar-refractivity contribution in [2.75, 3.05) is 19.6 Å². The van der Waals surface area contributed by atoms with Gasteiger partial charge in [-0.05, 0) is 37.3 Å². The second-order valence-corrected chi connectivity index (χ2v) is 5.88. The molecule has 110 valence electrons. The van der Waals surface area contributed by atoms with Crippen LogP contribution in [0.5, 0.6) is 0 Å². The van der Waals surface area contributed by atoms with Gasteiger partial charge in [0.1, 0.15) is 0 Å². The second kappa shape index (κ2) is 8.01. The molecule has 0 bridgehead atoms. The molecular formula is C14H21N3O2S. The fourth-order valence-corrected chi connectivity index (χ4v) is 2.88. The number of thiophene rings is 1. The molecule has 0 saturated carbocycles. The summed E-state index contributed by atoms with van der Waals surface area (Å²) < 4.78 is 0. The number of hydrogen-bond donors (Lipinski definition) is 3. The van der Waals surface area contributed by atoms with E-state index in [-0.39, 0.29) is 17.9 Å². The van der Waals surface area contributed by atoms with E-state index in [9.17, 15) is 9.59 Å². The number of hydrogen-bond acceptors (Lipinski definition) is 4. The zero-order valence-electron chi connectivity index (χ0n) is 11.5. The molecular weight excluding hydrogens is 274 g/mol. The zero-order valence-corrected chi connectivity index (χ0v) is 12.3. The molecule has 1 atom stereocenters. The van der Waals surface area contributed by atoms with Crippen LogP contribution in [-0.2, 0) is 4.79 Å². The zero-order chi connectivity index (χ0) is 14.2. The Morgan fingerprint density at radius 1 is 1.45 bits per heavy atom. The number of carbonyl (C=O) groups is 2. The highest BCUT2D eigenvalue weighted by atomic mass is 32.1. The Morgan fingerprint density at radius 2 is 2.35 bits per heavy atom. The van der Waals surface area contributed by atoms with Crippen LogP contribution in [0.25, 0.3) is 0 Å². The van der Waals surface area contributed by atoms with Crippen molar-refractivity contribution in [3.63, 3.8) is 0 Å². The van der Waals surface area contributed by atoms with E-state index in [0.717, 1.165) is 37.2 Å². The van der Waals surface area contributed by atoms with Crippen LogP contribution in [-0.4, -0.2) is 37.5 Å². The molecule has 1 fully saturated rings. The minimum absolute atomic E-state index is 0.00570. The van der Waals surface area contributed by atoms with Crippen molar-refractivity contribution in [3.8, 4) is 0 Å². The van der Waals surface area contributed by atoms with E-state index < -0.39 is 0 Å². The van der Waals surface area contributed by atoms with Crippen LogP contribution in [0.15, 0.2) is 17.5 Å². The molecule has 0 radical (unpaired) electrons. The Balaban J connectivity index is 1.57. The van der Waals surface area contributed by atoms with Crippen molar-refractivity contribution in [3.05, 3.63) is 22.4 Å². The Kier molecular flexibility index (Phi) is 6.01. The lowest BCUT2D eigenvalue weighted by molar-refractivity contribution is -0.121. The van der Waals surface area contributed by atoms with E-state index in [1.807, 2.05) is 17.5 Å². The van der Waals surface area contributed by atoms with E-state index in [1.54, 1.807) is 0 Å². The number of amides is 2. The van der Waals surface area contributed by atoms with Gasteiger partial charge in [-0.25, -0.2) is 0 Å². The Hall–Kier alpha value is -1.40. The summed E-state index contributed by atoms with van der Waals surface area (Å²) >= 11 is 1.45. The quantitative estimate of drug-likeness (QED) is 0.689. The maximum absolute atomic E-state index is 11.7. The van der Waals surface area contributed by atoms with E-state index in [1.165, 1.54) is 11.3 Å². The Morgan fingerprint density at radius 3 is 3.15 bits per heavy atom. The molecule has 2 heterocycles. The van der Waals surface area contributed by atoms with Crippen molar-refractivity contribution in [2.45, 2.75) is 31.7 Å². The van der Waals surface area contributed by atoms with Gasteiger partial charge in [0.15, 0.2) is 0 Å². The first-order valence-electron chi connectivity index (χ1n) is 7.07. The van der Waals surface area contributed by atoms with Gasteiger partial charge in [0.25, 0.3) is 5.91 Å². The summed E-state index contributed by atoms with van der Waals surface area (Å²) in [7, 11) is 0. The predicted octanol–water partition coefficient (Wildman–Crippen LogP) is 1.13. The molecule has 0 aromatic carbocycles. The minimum atomic E-state index is -0.00570. The SMILES string of the molecule is O=C1C[C@@H](NCCCNC(=O)c2cccs2)CCCN1. The lowest BCUT2D eigenvalue weighted by atomic mass is 10.1. The van der Waals surface area contributed by atoms with Gasteiger partial charge in [-0.3, -0.25) is 9.59 Å². The van der Waals surface area contributed by atoms with E-state index in [0.29, 0.717) is 13.0 Å². The number of carbonyl (C=O) groups excluding carboxylic acids is 2. The highest BCUT2D eigenvalue weighted by Crippen LogP contribution is 2.08. The molecule has 5 nitrogen and oxygen atoms in total. The predicted molar refractivity (Wildman–Crippen MR) is 79.9 cm³/mol. The normalized spacial score (nSPS) is 19.2. The van der Waals surface area contributed by atoms with Gasteiger partial charge >= 0.3 is 0 Å². The first-order valence-corrected chi connectivity index (χ1v) is 7.95.